The summed E-state index contributed by atoms with van der Waals surface area (Å²) in [5.74, 6) is 0.837. The van der Waals surface area contributed by atoms with Crippen LogP contribution in [0.3, 0.4) is 0 Å². The molecule has 2 rings (SSSR count). The van der Waals surface area contributed by atoms with E-state index in [-0.39, 0.29) is 16.9 Å². The molecule has 1 heterocycles. The third-order valence-electron chi connectivity index (χ3n) is 5.86. The average Bonchev–Trinajstić information content (AvgIpc) is 3.12. The molecule has 0 radical (unpaired) electrons. The lowest BCUT2D eigenvalue weighted by Gasteiger charge is -2.25. The molecule has 1 aliphatic rings. The summed E-state index contributed by atoms with van der Waals surface area (Å²) in [5.41, 5.74) is 1.90. The minimum Gasteiger partial charge on any atom is -0.496 e. The molecule has 0 unspecified atom stereocenters. The van der Waals surface area contributed by atoms with Gasteiger partial charge in [-0.3, -0.25) is 0 Å². The molecular weight excluding hydrogens is 436 g/mol. The highest BCUT2D eigenvalue weighted by Gasteiger charge is 2.38. The SMILES string of the molecule is CCCCN(CCCC)c1ccc(/C=C/C=C/C2=C(C#N)C(=C(C#N)C#N)OC2(C)C)c(OC)c1. The fourth-order valence-electron chi connectivity index (χ4n) is 3.90. The van der Waals surface area contributed by atoms with Crippen LogP contribution < -0.4 is 9.64 Å². The van der Waals surface area contributed by atoms with Crippen LogP contribution in [0.25, 0.3) is 6.08 Å². The lowest BCUT2D eigenvalue weighted by atomic mass is 9.94. The van der Waals surface area contributed by atoms with Crippen molar-refractivity contribution in [1.82, 2.24) is 0 Å². The maximum absolute atomic E-state index is 9.65. The van der Waals surface area contributed by atoms with Gasteiger partial charge in [-0.15, -0.1) is 0 Å². The molecule has 35 heavy (non-hydrogen) atoms. The summed E-state index contributed by atoms with van der Waals surface area (Å²) in [6.45, 7) is 10.1. The molecule has 1 aromatic rings. The number of allylic oxidation sites excluding steroid dienone is 4. The van der Waals surface area contributed by atoms with E-state index in [1.54, 1.807) is 39.2 Å². The van der Waals surface area contributed by atoms with Gasteiger partial charge in [-0.25, -0.2) is 0 Å². The first-order valence-corrected chi connectivity index (χ1v) is 12.0. The number of rotatable bonds is 11. The molecule has 0 aliphatic carbocycles. The lowest BCUT2D eigenvalue weighted by molar-refractivity contribution is 0.0954. The second kappa shape index (κ2) is 13.1. The molecule has 6 heteroatoms. The molecular formula is C29H34N4O2. The van der Waals surface area contributed by atoms with Crippen molar-refractivity contribution in [2.24, 2.45) is 0 Å². The normalized spacial score (nSPS) is 14.5. The van der Waals surface area contributed by atoms with Crippen molar-refractivity contribution in [3.05, 3.63) is 64.5 Å². The van der Waals surface area contributed by atoms with E-state index in [0.29, 0.717) is 5.57 Å². The Morgan fingerprint density at radius 1 is 1.03 bits per heavy atom. The molecule has 0 saturated heterocycles. The summed E-state index contributed by atoms with van der Waals surface area (Å²) in [7, 11) is 1.67. The smallest absolute Gasteiger partial charge is 0.172 e. The number of unbranched alkanes of at least 4 members (excludes halogenated alkanes) is 2. The van der Waals surface area contributed by atoms with Crippen molar-refractivity contribution in [1.29, 1.82) is 15.8 Å². The number of hydrogen-bond donors (Lipinski definition) is 0. The van der Waals surface area contributed by atoms with Gasteiger partial charge in [-0.2, -0.15) is 15.8 Å². The fourth-order valence-corrected chi connectivity index (χ4v) is 3.90. The molecule has 0 N–H and O–H groups in total. The Kier molecular flexibility index (Phi) is 10.2. The summed E-state index contributed by atoms with van der Waals surface area (Å²) in [4.78, 5) is 2.42. The van der Waals surface area contributed by atoms with E-state index in [4.69, 9.17) is 9.47 Å². The number of benzene rings is 1. The van der Waals surface area contributed by atoms with Gasteiger partial charge >= 0.3 is 0 Å². The third-order valence-corrected chi connectivity index (χ3v) is 5.86. The Hall–Kier alpha value is -3.95. The van der Waals surface area contributed by atoms with Crippen molar-refractivity contribution in [2.45, 2.75) is 59.0 Å². The molecule has 0 fully saturated rings. The quantitative estimate of drug-likeness (QED) is 0.267. The number of ether oxygens (including phenoxy) is 2. The van der Waals surface area contributed by atoms with Crippen molar-refractivity contribution >= 4 is 11.8 Å². The highest BCUT2D eigenvalue weighted by Crippen LogP contribution is 2.40. The molecule has 0 atom stereocenters. The van der Waals surface area contributed by atoms with Gasteiger partial charge in [-0.1, -0.05) is 51.0 Å². The summed E-state index contributed by atoms with van der Waals surface area (Å²) in [5, 5.41) is 28.0. The van der Waals surface area contributed by atoms with Crippen LogP contribution in [0.1, 0.15) is 58.9 Å². The zero-order valence-electron chi connectivity index (χ0n) is 21.4. The van der Waals surface area contributed by atoms with E-state index in [0.717, 1.165) is 55.8 Å². The van der Waals surface area contributed by atoms with Crippen LogP contribution in [0.2, 0.25) is 0 Å². The van der Waals surface area contributed by atoms with Crippen molar-refractivity contribution < 1.29 is 9.47 Å². The highest BCUT2D eigenvalue weighted by atomic mass is 16.5. The van der Waals surface area contributed by atoms with E-state index in [9.17, 15) is 15.8 Å². The molecule has 1 aromatic carbocycles. The summed E-state index contributed by atoms with van der Waals surface area (Å²) in [6, 6.07) is 12.0. The highest BCUT2D eigenvalue weighted by molar-refractivity contribution is 5.65. The summed E-state index contributed by atoms with van der Waals surface area (Å²) < 4.78 is 11.5. The maximum Gasteiger partial charge on any atom is 0.172 e. The van der Waals surface area contributed by atoms with E-state index in [1.165, 1.54) is 0 Å². The van der Waals surface area contributed by atoms with Gasteiger partial charge in [0.05, 0.1) is 7.11 Å². The van der Waals surface area contributed by atoms with Gasteiger partial charge in [0.25, 0.3) is 0 Å². The van der Waals surface area contributed by atoms with Crippen LogP contribution in [-0.2, 0) is 4.74 Å². The fraction of sp³-hybridized carbons (Fsp3) is 0.414. The van der Waals surface area contributed by atoms with E-state index >= 15 is 0 Å². The molecule has 0 bridgehead atoms. The Labute approximate surface area is 209 Å². The Balaban J connectivity index is 2.31. The van der Waals surface area contributed by atoms with Gasteiger partial charge in [0.15, 0.2) is 11.3 Å². The largest absolute Gasteiger partial charge is 0.496 e. The monoisotopic (exact) mass is 470 g/mol. The van der Waals surface area contributed by atoms with Crippen LogP contribution in [-0.4, -0.2) is 25.8 Å². The molecule has 6 nitrogen and oxygen atoms in total. The maximum atomic E-state index is 9.65. The van der Waals surface area contributed by atoms with Crippen LogP contribution in [0.15, 0.2) is 58.9 Å². The van der Waals surface area contributed by atoms with Gasteiger partial charge in [0.1, 0.15) is 35.1 Å². The predicted molar refractivity (Wildman–Crippen MR) is 139 cm³/mol. The number of nitrogens with zero attached hydrogens (tertiary/aromatic N) is 4. The van der Waals surface area contributed by atoms with E-state index < -0.39 is 5.60 Å². The number of anilines is 1. The lowest BCUT2D eigenvalue weighted by Crippen LogP contribution is -2.25. The molecule has 0 amide bonds. The van der Waals surface area contributed by atoms with Gasteiger partial charge in [-0.05, 0) is 38.8 Å². The van der Waals surface area contributed by atoms with Gasteiger partial charge in [0.2, 0.25) is 0 Å². The average molecular weight is 471 g/mol. The number of nitriles is 3. The van der Waals surface area contributed by atoms with Crippen LogP contribution in [0.5, 0.6) is 5.75 Å². The second-order valence-corrected chi connectivity index (χ2v) is 8.78. The first-order chi connectivity index (χ1) is 16.9. The summed E-state index contributed by atoms with van der Waals surface area (Å²) >= 11 is 0. The van der Waals surface area contributed by atoms with Crippen LogP contribution in [0, 0.1) is 34.0 Å². The second-order valence-electron chi connectivity index (χ2n) is 8.78. The molecule has 0 aromatic heterocycles. The minimum absolute atomic E-state index is 0.0408. The zero-order valence-corrected chi connectivity index (χ0v) is 21.4. The molecule has 0 spiro atoms. The Morgan fingerprint density at radius 3 is 2.20 bits per heavy atom. The third kappa shape index (κ3) is 6.78. The van der Waals surface area contributed by atoms with E-state index in [1.807, 2.05) is 18.2 Å². The van der Waals surface area contributed by atoms with Gasteiger partial charge in [0, 0.05) is 36.0 Å². The molecule has 182 valence electrons. The molecule has 0 saturated carbocycles. The standard InChI is InChI=1S/C29H34N4O2/c1-6-8-16-33(17-9-7-2)24-15-14-22(27(18-24)34-5)12-10-11-13-26-25(21-32)28(23(19-30)20-31)35-29(26,3)4/h10-15,18H,6-9,16-17H2,1-5H3/b12-10+,13-11+. The van der Waals surface area contributed by atoms with Crippen LogP contribution >= 0.6 is 0 Å². The minimum atomic E-state index is -0.830. The van der Waals surface area contributed by atoms with E-state index in [2.05, 4.69) is 43.0 Å². The van der Waals surface area contributed by atoms with Crippen LogP contribution in [0.4, 0.5) is 5.69 Å². The van der Waals surface area contributed by atoms with Crippen molar-refractivity contribution in [3.63, 3.8) is 0 Å². The molecule has 1 aliphatic heterocycles. The number of hydrogen-bond acceptors (Lipinski definition) is 6. The van der Waals surface area contributed by atoms with Crippen molar-refractivity contribution in [3.8, 4) is 24.0 Å². The zero-order chi connectivity index (χ0) is 25.8. The summed E-state index contributed by atoms with van der Waals surface area (Å²) in [6.07, 6.45) is 12.0. The Morgan fingerprint density at radius 2 is 1.66 bits per heavy atom. The first-order valence-electron chi connectivity index (χ1n) is 12.0. The first kappa shape index (κ1) is 27.3. The van der Waals surface area contributed by atoms with Crippen molar-refractivity contribution in [2.75, 3.05) is 25.1 Å². The Bertz CT molecular complexity index is 1130. The number of methoxy groups -OCH3 is 1. The predicted octanol–water partition coefficient (Wildman–Crippen LogP) is 6.60. The van der Waals surface area contributed by atoms with Gasteiger partial charge < -0.3 is 14.4 Å². The topological polar surface area (TPSA) is 93.1 Å².